The van der Waals surface area contributed by atoms with Crippen molar-refractivity contribution in [2.45, 2.75) is 13.8 Å². The van der Waals surface area contributed by atoms with Crippen molar-refractivity contribution >= 4 is 29.3 Å². The number of rotatable bonds is 4. The molecule has 0 spiro atoms. The van der Waals surface area contributed by atoms with Crippen LogP contribution in [-0.2, 0) is 4.79 Å². The largest absolute Gasteiger partial charge is 0.478 e. The zero-order valence-electron chi connectivity index (χ0n) is 14.8. The van der Waals surface area contributed by atoms with Gasteiger partial charge in [0.05, 0.1) is 5.56 Å². The number of hydrogen-bond donors (Lipinski definition) is 2. The van der Waals surface area contributed by atoms with Crippen molar-refractivity contribution < 1.29 is 14.7 Å². The molecule has 0 aliphatic carbocycles. The molecule has 0 unspecified atom stereocenters. The van der Waals surface area contributed by atoms with Crippen molar-refractivity contribution in [1.29, 1.82) is 0 Å². The Balaban J connectivity index is 1.77. The molecule has 26 heavy (non-hydrogen) atoms. The van der Waals surface area contributed by atoms with E-state index in [2.05, 4.69) is 15.3 Å². The third-order valence-electron chi connectivity index (χ3n) is 4.23. The molecule has 1 aromatic carbocycles. The third-order valence-corrected chi connectivity index (χ3v) is 4.23. The number of aromatic nitrogens is 2. The molecule has 2 heterocycles. The van der Waals surface area contributed by atoms with Gasteiger partial charge in [-0.15, -0.1) is 0 Å². The molecule has 1 aromatic heterocycles. The molecule has 2 N–H and O–H groups in total. The highest BCUT2D eigenvalue weighted by Gasteiger charge is 2.21. The molecular formula is C18H21N5O3. The van der Waals surface area contributed by atoms with Crippen LogP contribution in [0.4, 0.5) is 17.5 Å². The molecule has 3 rings (SSSR count). The maximum atomic E-state index is 11.5. The van der Waals surface area contributed by atoms with Crippen molar-refractivity contribution in [3.63, 3.8) is 0 Å². The normalized spacial score (nSPS) is 14.2. The van der Waals surface area contributed by atoms with Crippen molar-refractivity contribution in [2.24, 2.45) is 0 Å². The van der Waals surface area contributed by atoms with Crippen LogP contribution in [0.2, 0.25) is 0 Å². The molecule has 0 radical (unpaired) electrons. The highest BCUT2D eigenvalue weighted by Crippen LogP contribution is 2.20. The van der Waals surface area contributed by atoms with E-state index in [1.165, 1.54) is 0 Å². The number of carboxylic acids is 1. The fraction of sp³-hybridized carbons (Fsp3) is 0.333. The zero-order valence-corrected chi connectivity index (χ0v) is 14.8. The predicted molar refractivity (Wildman–Crippen MR) is 97.9 cm³/mol. The number of benzene rings is 1. The maximum absolute atomic E-state index is 11.5. The summed E-state index contributed by atoms with van der Waals surface area (Å²) in [5, 5.41) is 12.2. The van der Waals surface area contributed by atoms with Gasteiger partial charge >= 0.3 is 5.97 Å². The molecule has 8 nitrogen and oxygen atoms in total. The standard InChI is InChI=1S/C18H21N5O3/c1-12-10-16(20-15-5-3-4-14(11-15)17(25)26)21-18(19-12)23-8-6-22(7-9-23)13(2)24/h3-5,10-11H,6-9H2,1-2H3,(H,25,26)(H,19,20,21). The number of carbonyl (C=O) groups excluding carboxylic acids is 1. The SMILES string of the molecule is CC(=O)N1CCN(c2nc(C)cc(Nc3cccc(C(=O)O)c3)n2)CC1. The Kier molecular flexibility index (Phi) is 5.01. The van der Waals surface area contributed by atoms with Crippen molar-refractivity contribution in [3.8, 4) is 0 Å². The first-order valence-electron chi connectivity index (χ1n) is 8.39. The minimum atomic E-state index is -0.975. The van der Waals surface area contributed by atoms with Crippen LogP contribution in [0.5, 0.6) is 0 Å². The summed E-state index contributed by atoms with van der Waals surface area (Å²) in [7, 11) is 0. The van der Waals surface area contributed by atoms with Gasteiger partial charge in [-0.2, -0.15) is 4.98 Å². The van der Waals surface area contributed by atoms with E-state index < -0.39 is 5.97 Å². The summed E-state index contributed by atoms with van der Waals surface area (Å²) in [4.78, 5) is 35.5. The second-order valence-corrected chi connectivity index (χ2v) is 6.20. The summed E-state index contributed by atoms with van der Waals surface area (Å²) in [6.07, 6.45) is 0. The van der Waals surface area contributed by atoms with Gasteiger partial charge in [-0.25, -0.2) is 9.78 Å². The number of nitrogens with one attached hydrogen (secondary N) is 1. The highest BCUT2D eigenvalue weighted by atomic mass is 16.4. The number of nitrogens with zero attached hydrogens (tertiary/aromatic N) is 4. The van der Waals surface area contributed by atoms with Crippen LogP contribution in [0.3, 0.4) is 0 Å². The first-order chi connectivity index (χ1) is 12.4. The van der Waals surface area contributed by atoms with Gasteiger partial charge in [-0.1, -0.05) is 6.07 Å². The van der Waals surface area contributed by atoms with Gasteiger partial charge in [0, 0.05) is 50.6 Å². The van der Waals surface area contributed by atoms with Crippen molar-refractivity contribution in [1.82, 2.24) is 14.9 Å². The van der Waals surface area contributed by atoms with Gasteiger partial charge in [0.1, 0.15) is 5.82 Å². The van der Waals surface area contributed by atoms with E-state index in [1.54, 1.807) is 31.2 Å². The molecule has 0 bridgehead atoms. The molecule has 136 valence electrons. The number of aromatic carboxylic acids is 1. The molecule has 1 aliphatic rings. The molecule has 1 amide bonds. The Morgan fingerprint density at radius 3 is 2.50 bits per heavy atom. The fourth-order valence-electron chi connectivity index (χ4n) is 2.86. The summed E-state index contributed by atoms with van der Waals surface area (Å²) in [6, 6.07) is 8.38. The van der Waals surface area contributed by atoms with Crippen molar-refractivity contribution in [3.05, 3.63) is 41.6 Å². The summed E-state index contributed by atoms with van der Waals surface area (Å²) in [5.41, 5.74) is 1.66. The summed E-state index contributed by atoms with van der Waals surface area (Å²) in [6.45, 7) is 6.11. The van der Waals surface area contributed by atoms with Crippen molar-refractivity contribution in [2.75, 3.05) is 36.4 Å². The Labute approximate surface area is 151 Å². The number of aryl methyl sites for hydroxylation is 1. The van der Waals surface area contributed by atoms with E-state index in [1.807, 2.05) is 22.8 Å². The molecule has 8 heteroatoms. The first-order valence-corrected chi connectivity index (χ1v) is 8.39. The summed E-state index contributed by atoms with van der Waals surface area (Å²) < 4.78 is 0. The van der Waals surface area contributed by atoms with Gasteiger partial charge < -0.3 is 20.2 Å². The van der Waals surface area contributed by atoms with Crippen LogP contribution in [0.25, 0.3) is 0 Å². The van der Waals surface area contributed by atoms with Crippen LogP contribution in [-0.4, -0.2) is 58.0 Å². The van der Waals surface area contributed by atoms with Crippen LogP contribution in [0.15, 0.2) is 30.3 Å². The lowest BCUT2D eigenvalue weighted by atomic mass is 10.2. The number of carbonyl (C=O) groups is 2. The minimum Gasteiger partial charge on any atom is -0.478 e. The Morgan fingerprint density at radius 1 is 1.12 bits per heavy atom. The van der Waals surface area contributed by atoms with Crippen LogP contribution in [0, 0.1) is 6.92 Å². The maximum Gasteiger partial charge on any atom is 0.335 e. The second kappa shape index (κ2) is 7.38. The van der Waals surface area contributed by atoms with Gasteiger partial charge in [-0.3, -0.25) is 4.79 Å². The average molecular weight is 355 g/mol. The number of amides is 1. The van der Waals surface area contributed by atoms with Crippen LogP contribution < -0.4 is 10.2 Å². The molecule has 0 saturated carbocycles. The molecule has 1 saturated heterocycles. The van der Waals surface area contributed by atoms with E-state index in [0.29, 0.717) is 43.6 Å². The lowest BCUT2D eigenvalue weighted by Crippen LogP contribution is -2.48. The third kappa shape index (κ3) is 4.08. The number of carboxylic acid groups (broad SMARTS) is 1. The van der Waals surface area contributed by atoms with Gasteiger partial charge in [0.2, 0.25) is 11.9 Å². The second-order valence-electron chi connectivity index (χ2n) is 6.20. The van der Waals surface area contributed by atoms with Crippen LogP contribution >= 0.6 is 0 Å². The predicted octanol–water partition coefficient (Wildman–Crippen LogP) is 1.90. The Morgan fingerprint density at radius 2 is 1.85 bits per heavy atom. The number of anilines is 3. The fourth-order valence-corrected chi connectivity index (χ4v) is 2.86. The van der Waals surface area contributed by atoms with Gasteiger partial charge in [0.15, 0.2) is 0 Å². The summed E-state index contributed by atoms with van der Waals surface area (Å²) >= 11 is 0. The quantitative estimate of drug-likeness (QED) is 0.864. The molecule has 2 aromatic rings. The lowest BCUT2D eigenvalue weighted by molar-refractivity contribution is -0.129. The molecular weight excluding hydrogens is 334 g/mol. The van der Waals surface area contributed by atoms with E-state index in [-0.39, 0.29) is 11.5 Å². The summed E-state index contributed by atoms with van der Waals surface area (Å²) in [5.74, 6) is 0.307. The smallest absolute Gasteiger partial charge is 0.335 e. The Hall–Kier alpha value is -3.16. The first kappa shape index (κ1) is 17.7. The monoisotopic (exact) mass is 355 g/mol. The van der Waals surface area contributed by atoms with E-state index in [4.69, 9.17) is 5.11 Å². The number of hydrogen-bond acceptors (Lipinski definition) is 6. The van der Waals surface area contributed by atoms with Gasteiger partial charge in [-0.05, 0) is 25.1 Å². The highest BCUT2D eigenvalue weighted by molar-refractivity contribution is 5.89. The zero-order chi connectivity index (χ0) is 18.7. The number of piperazine rings is 1. The molecule has 1 aliphatic heterocycles. The lowest BCUT2D eigenvalue weighted by Gasteiger charge is -2.34. The average Bonchev–Trinajstić information content (AvgIpc) is 2.61. The molecule has 1 fully saturated rings. The Bertz CT molecular complexity index is 831. The minimum absolute atomic E-state index is 0.0791. The van der Waals surface area contributed by atoms with E-state index >= 15 is 0 Å². The van der Waals surface area contributed by atoms with E-state index in [0.717, 1.165) is 5.69 Å². The van der Waals surface area contributed by atoms with E-state index in [9.17, 15) is 9.59 Å². The van der Waals surface area contributed by atoms with Gasteiger partial charge in [0.25, 0.3) is 0 Å². The van der Waals surface area contributed by atoms with Crippen LogP contribution in [0.1, 0.15) is 23.0 Å². The topological polar surface area (TPSA) is 98.7 Å². The molecule has 0 atom stereocenters.